The predicted octanol–water partition coefficient (Wildman–Crippen LogP) is 2.79. The van der Waals surface area contributed by atoms with Gasteiger partial charge in [-0.15, -0.1) is 0 Å². The first-order valence-electron chi connectivity index (χ1n) is 17.7. The number of carboxylic acids is 1. The van der Waals surface area contributed by atoms with E-state index >= 15 is 0 Å². The van der Waals surface area contributed by atoms with E-state index in [4.69, 9.17) is 23.6 Å². The summed E-state index contributed by atoms with van der Waals surface area (Å²) in [7, 11) is -5.23. The number of esters is 2. The van der Waals surface area contributed by atoms with Crippen LogP contribution in [-0.2, 0) is 42.3 Å². The number of aliphatic hydroxyl groups excluding tert-OH is 5. The second-order valence-corrected chi connectivity index (χ2v) is 14.0. The van der Waals surface area contributed by atoms with Gasteiger partial charge in [0.05, 0.1) is 13.0 Å². The molecule has 0 spiro atoms. The van der Waals surface area contributed by atoms with Crippen LogP contribution in [-0.4, -0.2) is 115 Å². The van der Waals surface area contributed by atoms with Crippen molar-refractivity contribution in [3.05, 3.63) is 24.3 Å². The lowest BCUT2D eigenvalue weighted by atomic mass is 9.85. The number of aliphatic hydroxyl groups is 5. The molecule has 0 aliphatic heterocycles. The highest BCUT2D eigenvalue weighted by molar-refractivity contribution is 7.47. The monoisotopic (exact) mass is 752 g/mol. The number of carbonyl (C=O) groups is 4. The minimum absolute atomic E-state index is 0.0552. The molecule has 0 heterocycles. The first-order chi connectivity index (χ1) is 24.2. The molecule has 0 saturated heterocycles. The average molecular weight is 753 g/mol. The quantitative estimate of drug-likeness (QED) is 0.0199. The van der Waals surface area contributed by atoms with Gasteiger partial charge in [-0.1, -0.05) is 70.4 Å². The molecule has 51 heavy (non-hydrogen) atoms. The van der Waals surface area contributed by atoms with Crippen LogP contribution in [0.5, 0.6) is 0 Å². The number of carbonyl (C=O) groups excluding carboxylic acids is 3. The normalized spacial score (nSPS) is 24.0. The molecule has 0 bridgehead atoms. The number of carboxylic acid groups (broad SMARTS) is 1. The number of aliphatic carboxylic acids is 1. The van der Waals surface area contributed by atoms with E-state index in [-0.39, 0.29) is 6.42 Å². The number of ketones is 1. The molecule has 16 nitrogen and oxygen atoms in total. The van der Waals surface area contributed by atoms with Gasteiger partial charge in [0.2, 0.25) is 0 Å². The summed E-state index contributed by atoms with van der Waals surface area (Å²) in [6.07, 6.45) is 5.13. The number of allylic oxidation sites excluding steroid dienone is 3. The fourth-order valence-electron chi connectivity index (χ4n) is 5.11. The van der Waals surface area contributed by atoms with Crippen LogP contribution in [0.3, 0.4) is 0 Å². The van der Waals surface area contributed by atoms with Crippen molar-refractivity contribution in [2.75, 3.05) is 13.2 Å². The Kier molecular flexibility index (Phi) is 23.9. The van der Waals surface area contributed by atoms with Crippen molar-refractivity contribution in [2.24, 2.45) is 0 Å². The van der Waals surface area contributed by atoms with E-state index in [2.05, 4.69) is 19.1 Å². The van der Waals surface area contributed by atoms with E-state index in [9.17, 15) is 54.2 Å². The summed E-state index contributed by atoms with van der Waals surface area (Å²) >= 11 is 0. The largest absolute Gasteiger partial charge is 0.478 e. The smallest absolute Gasteiger partial charge is 0.472 e. The van der Waals surface area contributed by atoms with E-state index in [1.54, 1.807) is 0 Å². The molecule has 0 aromatic rings. The summed E-state index contributed by atoms with van der Waals surface area (Å²) in [5, 5.41) is 58.2. The Hall–Kier alpha value is -2.53. The molecular weight excluding hydrogens is 695 g/mol. The van der Waals surface area contributed by atoms with Crippen molar-refractivity contribution in [3.8, 4) is 0 Å². The third-order valence-electron chi connectivity index (χ3n) is 8.11. The van der Waals surface area contributed by atoms with Gasteiger partial charge in [-0.05, 0) is 38.2 Å². The molecule has 1 rings (SSSR count). The van der Waals surface area contributed by atoms with Crippen molar-refractivity contribution < 1.29 is 77.8 Å². The molecule has 0 radical (unpaired) electrons. The van der Waals surface area contributed by atoms with E-state index in [0.29, 0.717) is 12.5 Å². The van der Waals surface area contributed by atoms with E-state index in [1.807, 2.05) is 0 Å². The molecule has 294 valence electrons. The zero-order valence-corrected chi connectivity index (χ0v) is 30.2. The molecule has 8 atom stereocenters. The Labute approximate surface area is 299 Å². The Morgan fingerprint density at radius 1 is 0.667 bits per heavy atom. The fraction of sp³-hybridized carbons (Fsp3) is 0.765. The van der Waals surface area contributed by atoms with Crippen LogP contribution in [0.4, 0.5) is 0 Å². The van der Waals surface area contributed by atoms with Gasteiger partial charge >= 0.3 is 25.7 Å². The maximum absolute atomic E-state index is 12.6. The van der Waals surface area contributed by atoms with Gasteiger partial charge in [0.1, 0.15) is 43.2 Å². The highest BCUT2D eigenvalue weighted by Gasteiger charge is 2.51. The van der Waals surface area contributed by atoms with Gasteiger partial charge in [0.15, 0.2) is 11.9 Å². The highest BCUT2D eigenvalue weighted by atomic mass is 31.2. The van der Waals surface area contributed by atoms with Gasteiger partial charge in [-0.3, -0.25) is 23.4 Å². The number of hydrogen-bond acceptors (Lipinski definition) is 14. The Bertz CT molecular complexity index is 1130. The second kappa shape index (κ2) is 26.3. The Morgan fingerprint density at radius 2 is 1.20 bits per heavy atom. The summed E-state index contributed by atoms with van der Waals surface area (Å²) in [6, 6.07) is 0. The van der Waals surface area contributed by atoms with Crippen molar-refractivity contribution in [2.45, 2.75) is 152 Å². The summed E-state index contributed by atoms with van der Waals surface area (Å²) in [5.41, 5.74) is 0. The topological polar surface area (TPSA) is 264 Å². The summed E-state index contributed by atoms with van der Waals surface area (Å²) < 4.78 is 32.5. The maximum Gasteiger partial charge on any atom is 0.472 e. The van der Waals surface area contributed by atoms with Crippen LogP contribution >= 0.6 is 7.82 Å². The predicted molar refractivity (Wildman–Crippen MR) is 182 cm³/mol. The average Bonchev–Trinajstić information content (AvgIpc) is 3.09. The van der Waals surface area contributed by atoms with E-state index < -0.39 is 100 Å². The molecule has 1 fully saturated rings. The van der Waals surface area contributed by atoms with Gasteiger partial charge < -0.3 is 45.0 Å². The standard InChI is InChI=1S/C34H57O16P/c1-2-3-4-5-6-7-8-9-10-11-12-13-14-15-16-17-27(38)47-22-25(49-28(39)21-19-24(35)18-20-26(36)37)23-48-51(45,46)50-34-32(43)30(41)29(40)31(42)33(34)44/h9-10,18,20,25,29-34,40-44H,2-8,11-17,19,21-23H2,1H3,(H,36,37)(H,45,46)/b10-9-,20-18+/t25-,29?,30-,31?,32?,33?,34?/m1/s1. The summed E-state index contributed by atoms with van der Waals surface area (Å²) in [4.78, 5) is 57.3. The zero-order valence-electron chi connectivity index (χ0n) is 29.3. The van der Waals surface area contributed by atoms with Crippen molar-refractivity contribution in [3.63, 3.8) is 0 Å². The second-order valence-electron chi connectivity index (χ2n) is 12.6. The van der Waals surface area contributed by atoms with Gasteiger partial charge in [-0.2, -0.15) is 0 Å². The lowest BCUT2D eigenvalue weighted by molar-refractivity contribution is -0.220. The highest BCUT2D eigenvalue weighted by Crippen LogP contribution is 2.47. The number of ether oxygens (including phenoxy) is 2. The first-order valence-corrected chi connectivity index (χ1v) is 19.2. The lowest BCUT2D eigenvalue weighted by Crippen LogP contribution is -2.64. The van der Waals surface area contributed by atoms with Crippen LogP contribution in [0.15, 0.2) is 24.3 Å². The molecule has 1 aliphatic carbocycles. The van der Waals surface area contributed by atoms with E-state index in [1.165, 1.54) is 38.5 Å². The molecule has 0 aromatic heterocycles. The third-order valence-corrected chi connectivity index (χ3v) is 9.09. The minimum Gasteiger partial charge on any atom is -0.478 e. The molecule has 6 unspecified atom stereocenters. The maximum atomic E-state index is 12.6. The fourth-order valence-corrected chi connectivity index (χ4v) is 6.09. The molecule has 1 aliphatic rings. The van der Waals surface area contributed by atoms with Gasteiger partial charge in [0.25, 0.3) is 0 Å². The number of unbranched alkanes of at least 4 members (excludes halogenated alkanes) is 11. The molecule has 0 amide bonds. The van der Waals surface area contributed by atoms with Crippen molar-refractivity contribution in [1.29, 1.82) is 0 Å². The zero-order chi connectivity index (χ0) is 38.2. The molecule has 0 aromatic carbocycles. The third kappa shape index (κ3) is 20.9. The van der Waals surface area contributed by atoms with Crippen LogP contribution in [0.1, 0.15) is 110 Å². The van der Waals surface area contributed by atoms with E-state index in [0.717, 1.165) is 44.6 Å². The first kappa shape index (κ1) is 46.5. The summed E-state index contributed by atoms with van der Waals surface area (Å²) in [5.74, 6) is -3.71. The lowest BCUT2D eigenvalue weighted by Gasteiger charge is -2.41. The number of phosphoric acid groups is 1. The Morgan fingerprint density at radius 3 is 1.76 bits per heavy atom. The minimum atomic E-state index is -5.23. The van der Waals surface area contributed by atoms with Crippen LogP contribution in [0, 0.1) is 0 Å². The number of hydrogen-bond donors (Lipinski definition) is 7. The van der Waals surface area contributed by atoms with Gasteiger partial charge in [-0.25, -0.2) is 9.36 Å². The molecule has 17 heteroatoms. The van der Waals surface area contributed by atoms with Crippen LogP contribution < -0.4 is 0 Å². The van der Waals surface area contributed by atoms with Crippen molar-refractivity contribution in [1.82, 2.24) is 0 Å². The number of phosphoric ester groups is 1. The number of rotatable bonds is 28. The van der Waals surface area contributed by atoms with Crippen LogP contribution in [0.25, 0.3) is 0 Å². The van der Waals surface area contributed by atoms with Gasteiger partial charge in [0, 0.05) is 18.9 Å². The summed E-state index contributed by atoms with van der Waals surface area (Å²) in [6.45, 7) is 0.667. The molecule has 7 N–H and O–H groups in total. The van der Waals surface area contributed by atoms with Crippen molar-refractivity contribution >= 4 is 31.5 Å². The Balaban J connectivity index is 2.56. The molecule has 1 saturated carbocycles. The van der Waals surface area contributed by atoms with Crippen LogP contribution in [0.2, 0.25) is 0 Å². The molecular formula is C34H57O16P. The SMILES string of the molecule is CCCCCCCC/C=C\CCCCCCCC(=O)OC[C@H](COP(=O)(O)OC1C(O)C(O)C(O)[C@@H](O)C1O)OC(=O)CCC(=O)/C=C/C(=O)O.